The van der Waals surface area contributed by atoms with Crippen LogP contribution in [-0.4, -0.2) is 30.4 Å². The highest BCUT2D eigenvalue weighted by Gasteiger charge is 2.36. The third kappa shape index (κ3) is 5.53. The molecule has 0 aliphatic carbocycles. The number of halogens is 2. The number of nitrogens with one attached hydrogen (secondary N) is 2. The lowest BCUT2D eigenvalue weighted by Crippen LogP contribution is -2.54. The first-order valence-electron chi connectivity index (χ1n) is 10.3. The quantitative estimate of drug-likeness (QED) is 0.396. The fraction of sp³-hybridized carbons (Fsp3) is 0.0400. The molecule has 0 unspecified atom stereocenters. The highest BCUT2D eigenvalue weighted by atomic mass is 35.5. The number of rotatable bonds is 6. The summed E-state index contributed by atoms with van der Waals surface area (Å²) >= 11 is 5.86. The van der Waals surface area contributed by atoms with Gasteiger partial charge in [-0.2, -0.15) is 0 Å². The van der Waals surface area contributed by atoms with Gasteiger partial charge in [-0.05, 0) is 60.2 Å². The monoisotopic (exact) mass is 493 g/mol. The molecule has 3 aromatic rings. The number of anilines is 2. The molecule has 2 N–H and O–H groups in total. The number of imide groups is 2. The molecular formula is C25H17ClFN3O5. The van der Waals surface area contributed by atoms with Gasteiger partial charge in [0.2, 0.25) is 0 Å². The molecular weight excluding hydrogens is 477 g/mol. The van der Waals surface area contributed by atoms with E-state index in [-0.39, 0.29) is 23.6 Å². The lowest BCUT2D eigenvalue weighted by molar-refractivity contribution is -0.122. The summed E-state index contributed by atoms with van der Waals surface area (Å²) in [5, 5.41) is 4.98. The minimum Gasteiger partial charge on any atom is -0.484 e. The molecule has 10 heteroatoms. The molecule has 176 valence electrons. The first-order valence-corrected chi connectivity index (χ1v) is 10.6. The molecule has 35 heavy (non-hydrogen) atoms. The van der Waals surface area contributed by atoms with E-state index in [1.54, 1.807) is 18.2 Å². The van der Waals surface area contributed by atoms with Crippen molar-refractivity contribution in [2.24, 2.45) is 0 Å². The van der Waals surface area contributed by atoms with Crippen molar-refractivity contribution < 1.29 is 28.3 Å². The zero-order valence-corrected chi connectivity index (χ0v) is 18.7. The third-order valence-electron chi connectivity index (χ3n) is 4.90. The van der Waals surface area contributed by atoms with E-state index >= 15 is 0 Å². The number of urea groups is 1. The second-order valence-corrected chi connectivity index (χ2v) is 7.76. The fourth-order valence-electron chi connectivity index (χ4n) is 3.21. The summed E-state index contributed by atoms with van der Waals surface area (Å²) in [5.41, 5.74) is 0.548. The Hall–Kier alpha value is -4.50. The molecule has 5 amide bonds. The molecule has 4 rings (SSSR count). The van der Waals surface area contributed by atoms with E-state index in [4.69, 9.17) is 16.3 Å². The number of barbiturate groups is 1. The zero-order chi connectivity index (χ0) is 24.9. The van der Waals surface area contributed by atoms with E-state index in [1.165, 1.54) is 60.7 Å². The Labute approximate surface area is 203 Å². The predicted molar refractivity (Wildman–Crippen MR) is 127 cm³/mol. The predicted octanol–water partition coefficient (Wildman–Crippen LogP) is 4.16. The number of amides is 5. The summed E-state index contributed by atoms with van der Waals surface area (Å²) in [6.07, 6.45) is 1.34. The van der Waals surface area contributed by atoms with Crippen LogP contribution in [0.15, 0.2) is 78.4 Å². The van der Waals surface area contributed by atoms with Gasteiger partial charge in [0.1, 0.15) is 17.1 Å². The van der Waals surface area contributed by atoms with Crippen molar-refractivity contribution in [2.45, 2.75) is 0 Å². The Morgan fingerprint density at radius 2 is 1.69 bits per heavy atom. The van der Waals surface area contributed by atoms with Crippen LogP contribution in [0, 0.1) is 5.82 Å². The Morgan fingerprint density at radius 3 is 2.37 bits per heavy atom. The largest absolute Gasteiger partial charge is 0.484 e. The van der Waals surface area contributed by atoms with Gasteiger partial charge in [0.25, 0.3) is 17.7 Å². The van der Waals surface area contributed by atoms with Crippen molar-refractivity contribution in [3.05, 3.63) is 94.8 Å². The van der Waals surface area contributed by atoms with Crippen LogP contribution in [0.4, 0.5) is 20.6 Å². The van der Waals surface area contributed by atoms with Gasteiger partial charge < -0.3 is 10.1 Å². The maximum Gasteiger partial charge on any atom is 0.335 e. The van der Waals surface area contributed by atoms with Gasteiger partial charge >= 0.3 is 6.03 Å². The number of para-hydroxylation sites is 1. The number of carbonyl (C=O) groups excluding carboxylic acids is 4. The van der Waals surface area contributed by atoms with Crippen molar-refractivity contribution in [2.75, 3.05) is 16.8 Å². The molecule has 0 aromatic heterocycles. The minimum absolute atomic E-state index is 0.0459. The summed E-state index contributed by atoms with van der Waals surface area (Å²) in [5.74, 6) is -2.37. The van der Waals surface area contributed by atoms with E-state index < -0.39 is 29.6 Å². The van der Waals surface area contributed by atoms with E-state index in [9.17, 15) is 23.6 Å². The number of hydrogen-bond acceptors (Lipinski definition) is 5. The second-order valence-electron chi connectivity index (χ2n) is 7.32. The van der Waals surface area contributed by atoms with Crippen molar-refractivity contribution in [1.29, 1.82) is 0 Å². The number of benzene rings is 3. The van der Waals surface area contributed by atoms with Gasteiger partial charge in [0.05, 0.1) is 11.4 Å². The van der Waals surface area contributed by atoms with Crippen LogP contribution in [-0.2, 0) is 14.4 Å². The average Bonchev–Trinajstić information content (AvgIpc) is 2.84. The topological polar surface area (TPSA) is 105 Å². The van der Waals surface area contributed by atoms with Crippen LogP contribution in [0.5, 0.6) is 5.75 Å². The molecule has 1 aliphatic heterocycles. The smallest absolute Gasteiger partial charge is 0.335 e. The van der Waals surface area contributed by atoms with Crippen molar-refractivity contribution in [3.8, 4) is 5.75 Å². The lowest BCUT2D eigenvalue weighted by atomic mass is 10.1. The molecule has 1 saturated heterocycles. The fourth-order valence-corrected chi connectivity index (χ4v) is 3.33. The second kappa shape index (κ2) is 10.2. The maximum absolute atomic E-state index is 13.6. The first kappa shape index (κ1) is 23.7. The number of ether oxygens (including phenoxy) is 1. The number of hydrogen-bond donors (Lipinski definition) is 2. The van der Waals surface area contributed by atoms with Gasteiger partial charge in [-0.1, -0.05) is 35.9 Å². The third-order valence-corrected chi connectivity index (χ3v) is 5.15. The number of carbonyl (C=O) groups is 4. The van der Waals surface area contributed by atoms with Gasteiger partial charge in [-0.15, -0.1) is 0 Å². The highest BCUT2D eigenvalue weighted by Crippen LogP contribution is 2.24. The minimum atomic E-state index is -0.864. The molecule has 0 atom stereocenters. The van der Waals surface area contributed by atoms with Crippen LogP contribution in [0.2, 0.25) is 5.02 Å². The van der Waals surface area contributed by atoms with Gasteiger partial charge in [0.15, 0.2) is 6.61 Å². The molecule has 0 bridgehead atoms. The summed E-state index contributed by atoms with van der Waals surface area (Å²) in [6, 6.07) is 17.1. The first-order chi connectivity index (χ1) is 16.8. The van der Waals surface area contributed by atoms with E-state index in [0.29, 0.717) is 16.3 Å². The Bertz CT molecular complexity index is 1340. The molecule has 0 radical (unpaired) electrons. The van der Waals surface area contributed by atoms with Crippen LogP contribution >= 0.6 is 11.6 Å². The van der Waals surface area contributed by atoms with Gasteiger partial charge in [-0.25, -0.2) is 14.1 Å². The summed E-state index contributed by atoms with van der Waals surface area (Å²) in [7, 11) is 0. The lowest BCUT2D eigenvalue weighted by Gasteiger charge is -2.26. The summed E-state index contributed by atoms with van der Waals surface area (Å²) < 4.78 is 19.0. The van der Waals surface area contributed by atoms with E-state index in [1.807, 2.05) is 0 Å². The van der Waals surface area contributed by atoms with Crippen LogP contribution in [0.3, 0.4) is 0 Å². The molecule has 1 fully saturated rings. The standard InChI is InChI=1S/C25H17ClFN3O5/c26-16-7-9-17(10-8-16)30-24(33)19(23(32)29-25(30)34)13-15-5-11-18(12-6-15)35-14-22(31)28-21-4-2-1-3-20(21)27/h1-13H,14H2,(H,28,31)(H,29,32,34)/b19-13-. The SMILES string of the molecule is O=C(COc1ccc(/C=C2/C(=O)NC(=O)N(c3ccc(Cl)cc3)C2=O)cc1)Nc1ccccc1F. The van der Waals surface area contributed by atoms with Crippen LogP contribution < -0.4 is 20.3 Å². The normalized spacial score (nSPS) is 14.6. The van der Waals surface area contributed by atoms with Gasteiger partial charge in [0, 0.05) is 5.02 Å². The summed E-state index contributed by atoms with van der Waals surface area (Å²) in [6.45, 7) is -0.353. The Balaban J connectivity index is 1.43. The van der Waals surface area contributed by atoms with Crippen molar-refractivity contribution in [1.82, 2.24) is 5.32 Å². The van der Waals surface area contributed by atoms with E-state index in [0.717, 1.165) is 4.90 Å². The molecule has 8 nitrogen and oxygen atoms in total. The zero-order valence-electron chi connectivity index (χ0n) is 18.0. The molecule has 1 heterocycles. The van der Waals surface area contributed by atoms with Crippen LogP contribution in [0.1, 0.15) is 5.56 Å². The van der Waals surface area contributed by atoms with Gasteiger partial charge in [-0.3, -0.25) is 19.7 Å². The summed E-state index contributed by atoms with van der Waals surface area (Å²) in [4.78, 5) is 50.3. The molecule has 0 spiro atoms. The van der Waals surface area contributed by atoms with Crippen molar-refractivity contribution >= 4 is 52.8 Å². The molecule has 3 aromatic carbocycles. The number of nitrogens with zero attached hydrogens (tertiary/aromatic N) is 1. The average molecular weight is 494 g/mol. The Kier molecular flexibility index (Phi) is 6.88. The van der Waals surface area contributed by atoms with Crippen molar-refractivity contribution in [3.63, 3.8) is 0 Å². The van der Waals surface area contributed by atoms with E-state index in [2.05, 4.69) is 10.6 Å². The maximum atomic E-state index is 13.6. The highest BCUT2D eigenvalue weighted by molar-refractivity contribution is 6.39. The molecule has 0 saturated carbocycles. The molecule has 1 aliphatic rings. The van der Waals surface area contributed by atoms with Crippen LogP contribution in [0.25, 0.3) is 6.08 Å². The Morgan fingerprint density at radius 1 is 1.00 bits per heavy atom.